The zero-order valence-corrected chi connectivity index (χ0v) is 28.3. The van der Waals surface area contributed by atoms with Gasteiger partial charge in [-0.15, -0.1) is 0 Å². The lowest BCUT2D eigenvalue weighted by molar-refractivity contribution is -0.149. The number of likely N-dealkylation sites (tertiary alicyclic amines) is 2. The number of alkyl halides is 1. The number of ether oxygens (including phenoxy) is 7. The van der Waals surface area contributed by atoms with E-state index in [1.165, 1.54) is 18.7 Å². The third kappa shape index (κ3) is 9.54. The third-order valence-electron chi connectivity index (χ3n) is 7.73. The third-order valence-corrected chi connectivity index (χ3v) is 7.73. The van der Waals surface area contributed by atoms with E-state index in [1.54, 1.807) is 25.7 Å². The predicted molar refractivity (Wildman–Crippen MR) is 164 cm³/mol. The SMILES string of the molecule is CC(=O)O[C@H]1CO[C@H]2[C@@H]1N(C(=O)OC(C)(C)C)C[C@@H]2F.CC(=O)O[C@H]1CO[C@H]2[C@@H]1N(C(=O)OC(C)(C)C)C[C@H]2OCc1ccccc1. The van der Waals surface area contributed by atoms with E-state index >= 15 is 0 Å². The van der Waals surface area contributed by atoms with Crippen LogP contribution in [0.4, 0.5) is 14.0 Å². The minimum atomic E-state index is -1.30. The number of carbonyl (C=O) groups excluding carboxylic acids is 4. The maximum Gasteiger partial charge on any atom is 0.410 e. The first kappa shape index (κ1) is 36.3. The minimum absolute atomic E-state index is 0.0919. The molecule has 2 amide bonds. The number of carbonyl (C=O) groups is 4. The Morgan fingerprint density at radius 2 is 1.21 bits per heavy atom. The fraction of sp³-hybridized carbons (Fsp3) is 0.697. The van der Waals surface area contributed by atoms with Crippen LogP contribution in [0.2, 0.25) is 0 Å². The lowest BCUT2D eigenvalue weighted by Crippen LogP contribution is -2.47. The van der Waals surface area contributed by atoms with Crippen molar-refractivity contribution in [1.29, 1.82) is 0 Å². The van der Waals surface area contributed by atoms with Crippen molar-refractivity contribution in [3.8, 4) is 0 Å². The van der Waals surface area contributed by atoms with Crippen LogP contribution >= 0.6 is 0 Å². The van der Waals surface area contributed by atoms with Gasteiger partial charge in [0.25, 0.3) is 0 Å². The van der Waals surface area contributed by atoms with Gasteiger partial charge >= 0.3 is 24.1 Å². The number of hydrogen-bond acceptors (Lipinski definition) is 11. The maximum atomic E-state index is 13.9. The molecule has 0 unspecified atom stereocenters. The van der Waals surface area contributed by atoms with Gasteiger partial charge in [-0.2, -0.15) is 0 Å². The first-order valence-electron chi connectivity index (χ1n) is 15.8. The molecule has 4 saturated heterocycles. The zero-order valence-electron chi connectivity index (χ0n) is 28.3. The van der Waals surface area contributed by atoms with Gasteiger partial charge in [0.05, 0.1) is 32.9 Å². The topological polar surface area (TPSA) is 139 Å². The monoisotopic (exact) mass is 666 g/mol. The Hall–Kier alpha value is -3.49. The molecule has 0 radical (unpaired) electrons. The average Bonchev–Trinajstić information content (AvgIpc) is 3.70. The molecule has 13 nitrogen and oxygen atoms in total. The largest absolute Gasteiger partial charge is 0.458 e. The summed E-state index contributed by atoms with van der Waals surface area (Å²) in [6.45, 7) is 14.2. The molecule has 4 aliphatic heterocycles. The summed E-state index contributed by atoms with van der Waals surface area (Å²) < 4.78 is 52.4. The van der Waals surface area contributed by atoms with Crippen molar-refractivity contribution < 1.29 is 56.7 Å². The van der Waals surface area contributed by atoms with E-state index in [-0.39, 0.29) is 32.0 Å². The Kier molecular flexibility index (Phi) is 11.4. The molecule has 4 heterocycles. The van der Waals surface area contributed by atoms with Gasteiger partial charge in [-0.25, -0.2) is 14.0 Å². The standard InChI is InChI=1S/C20H27NO6.C13H20FNO5/c1-13(22)26-16-12-25-18-15(24-11-14-8-6-5-7-9-14)10-21(17(16)18)19(23)27-20(2,3)4;1-7(16)19-9-6-18-11-8(14)5-15(10(9)11)12(17)20-13(2,3)4/h5-9,15-18H,10-12H2,1-4H3;8-11H,5-6H2,1-4H3/t15-,16+,17-,18-;8-,9-,10+,11+/m10/s1. The Bertz CT molecular complexity index is 1270. The lowest BCUT2D eigenvalue weighted by atomic mass is 10.1. The highest BCUT2D eigenvalue weighted by Crippen LogP contribution is 2.35. The first-order chi connectivity index (χ1) is 21.9. The summed E-state index contributed by atoms with van der Waals surface area (Å²) in [5.74, 6) is -0.882. The fourth-order valence-electron chi connectivity index (χ4n) is 6.06. The van der Waals surface area contributed by atoms with Crippen molar-refractivity contribution in [2.75, 3.05) is 26.3 Å². The molecular formula is C33H47FN2O11. The number of amides is 2. The molecule has 0 spiro atoms. The van der Waals surface area contributed by atoms with Gasteiger partial charge in [0, 0.05) is 13.8 Å². The van der Waals surface area contributed by atoms with E-state index in [9.17, 15) is 23.6 Å². The second-order valence-corrected chi connectivity index (χ2v) is 14.0. The quantitative estimate of drug-likeness (QED) is 0.335. The van der Waals surface area contributed by atoms with Crippen molar-refractivity contribution >= 4 is 24.1 Å². The molecule has 1 aromatic carbocycles. The van der Waals surface area contributed by atoms with Gasteiger partial charge in [0.2, 0.25) is 0 Å². The summed E-state index contributed by atoms with van der Waals surface area (Å²) >= 11 is 0. The molecule has 4 fully saturated rings. The summed E-state index contributed by atoms with van der Waals surface area (Å²) in [4.78, 5) is 50.2. The number of benzene rings is 1. The number of hydrogen-bond donors (Lipinski definition) is 0. The first-order valence-corrected chi connectivity index (χ1v) is 15.8. The van der Waals surface area contributed by atoms with Gasteiger partial charge in [-0.05, 0) is 47.1 Å². The van der Waals surface area contributed by atoms with Gasteiger partial charge in [-0.1, -0.05) is 30.3 Å². The number of halogens is 1. The molecule has 0 saturated carbocycles. The van der Waals surface area contributed by atoms with Crippen LogP contribution in [-0.2, 0) is 49.4 Å². The molecule has 14 heteroatoms. The molecule has 1 aromatic rings. The summed E-state index contributed by atoms with van der Waals surface area (Å²) in [6.07, 6.45) is -4.97. The van der Waals surface area contributed by atoms with Crippen LogP contribution in [0.15, 0.2) is 30.3 Å². The van der Waals surface area contributed by atoms with Crippen LogP contribution in [0.25, 0.3) is 0 Å². The van der Waals surface area contributed by atoms with Crippen molar-refractivity contribution in [2.45, 2.75) is 122 Å². The van der Waals surface area contributed by atoms with Crippen molar-refractivity contribution in [3.63, 3.8) is 0 Å². The highest BCUT2D eigenvalue weighted by molar-refractivity contribution is 5.71. The van der Waals surface area contributed by atoms with E-state index < -0.39 is 71.9 Å². The number of rotatable bonds is 5. The second kappa shape index (κ2) is 14.7. The smallest absolute Gasteiger partial charge is 0.410 e. The number of fused-ring (bicyclic) bond motifs is 2. The fourth-order valence-corrected chi connectivity index (χ4v) is 6.06. The van der Waals surface area contributed by atoms with Gasteiger partial charge < -0.3 is 33.2 Å². The normalized spacial score (nSPS) is 29.7. The molecule has 0 aliphatic carbocycles. The molecule has 5 rings (SSSR count). The molecule has 262 valence electrons. The second-order valence-electron chi connectivity index (χ2n) is 14.0. The Morgan fingerprint density at radius 3 is 1.70 bits per heavy atom. The van der Waals surface area contributed by atoms with Crippen LogP contribution in [-0.4, -0.2) is 120 Å². The van der Waals surface area contributed by atoms with Crippen molar-refractivity contribution in [1.82, 2.24) is 9.80 Å². The molecule has 0 bridgehead atoms. The molecule has 0 N–H and O–H groups in total. The average molecular weight is 667 g/mol. The maximum absolute atomic E-state index is 13.9. The Balaban J connectivity index is 0.000000223. The zero-order chi connectivity index (χ0) is 34.7. The van der Waals surface area contributed by atoms with Crippen LogP contribution < -0.4 is 0 Å². The van der Waals surface area contributed by atoms with Crippen LogP contribution in [0.5, 0.6) is 0 Å². The van der Waals surface area contributed by atoms with Gasteiger partial charge in [-0.3, -0.25) is 19.4 Å². The lowest BCUT2D eigenvalue weighted by Gasteiger charge is -2.29. The highest BCUT2D eigenvalue weighted by Gasteiger charge is 2.56. The highest BCUT2D eigenvalue weighted by atomic mass is 19.1. The van der Waals surface area contributed by atoms with Gasteiger partial charge in [0.1, 0.15) is 60.0 Å². The molecule has 47 heavy (non-hydrogen) atoms. The summed E-state index contributed by atoms with van der Waals surface area (Å²) in [5, 5.41) is 0. The van der Waals surface area contributed by atoms with Crippen LogP contribution in [0.3, 0.4) is 0 Å². The summed E-state index contributed by atoms with van der Waals surface area (Å²) in [7, 11) is 0. The number of nitrogens with zero attached hydrogens (tertiary/aromatic N) is 2. The summed E-state index contributed by atoms with van der Waals surface area (Å²) in [5.41, 5.74) is -0.247. The predicted octanol–water partition coefficient (Wildman–Crippen LogP) is 3.80. The minimum Gasteiger partial charge on any atom is -0.458 e. The van der Waals surface area contributed by atoms with Gasteiger partial charge in [0.15, 0.2) is 0 Å². The van der Waals surface area contributed by atoms with Crippen LogP contribution in [0, 0.1) is 0 Å². The van der Waals surface area contributed by atoms with Crippen LogP contribution in [0.1, 0.15) is 61.0 Å². The van der Waals surface area contributed by atoms with E-state index in [0.717, 1.165) is 5.56 Å². The molecule has 0 aromatic heterocycles. The van der Waals surface area contributed by atoms with E-state index in [0.29, 0.717) is 13.2 Å². The Labute approximate surface area is 274 Å². The van der Waals surface area contributed by atoms with Crippen molar-refractivity contribution in [2.24, 2.45) is 0 Å². The molecular weight excluding hydrogens is 619 g/mol. The van der Waals surface area contributed by atoms with E-state index in [4.69, 9.17) is 33.2 Å². The number of esters is 2. The van der Waals surface area contributed by atoms with Crippen molar-refractivity contribution in [3.05, 3.63) is 35.9 Å². The molecule has 8 atom stereocenters. The van der Waals surface area contributed by atoms with E-state index in [1.807, 2.05) is 51.1 Å². The molecule has 4 aliphatic rings. The van der Waals surface area contributed by atoms with E-state index in [2.05, 4.69) is 0 Å². The Morgan fingerprint density at radius 1 is 0.745 bits per heavy atom. The summed E-state index contributed by atoms with van der Waals surface area (Å²) in [6, 6.07) is 8.78.